The quantitative estimate of drug-likeness (QED) is 0.886. The lowest BCUT2D eigenvalue weighted by atomic mass is 10.1. The number of rotatable bonds is 5. The zero-order valence-corrected chi connectivity index (χ0v) is 13.0. The van der Waals surface area contributed by atoms with E-state index in [2.05, 4.69) is 27.9 Å². The number of carbonyl (C=O) groups is 1. The lowest BCUT2D eigenvalue weighted by molar-refractivity contribution is -0.127. The molecule has 1 heterocycles. The molecule has 0 aliphatic heterocycles. The summed E-state index contributed by atoms with van der Waals surface area (Å²) in [5.41, 5.74) is 2.13. The van der Waals surface area contributed by atoms with Gasteiger partial charge in [-0.2, -0.15) is 0 Å². The van der Waals surface area contributed by atoms with Crippen LogP contribution in [-0.2, 0) is 17.8 Å². The van der Waals surface area contributed by atoms with Crippen LogP contribution in [0.25, 0.3) is 11.0 Å². The van der Waals surface area contributed by atoms with Gasteiger partial charge in [-0.25, -0.2) is 4.98 Å². The predicted molar refractivity (Wildman–Crippen MR) is 85.5 cm³/mol. The van der Waals surface area contributed by atoms with Crippen LogP contribution in [0.3, 0.4) is 0 Å². The molecule has 1 aliphatic carbocycles. The Labute approximate surface area is 130 Å². The first-order valence-corrected chi connectivity index (χ1v) is 8.10. The summed E-state index contributed by atoms with van der Waals surface area (Å²) >= 11 is 0. The maximum atomic E-state index is 12.1. The Morgan fingerprint density at radius 1 is 1.41 bits per heavy atom. The van der Waals surface area contributed by atoms with Crippen molar-refractivity contribution in [1.82, 2.24) is 14.9 Å². The van der Waals surface area contributed by atoms with Gasteiger partial charge in [-0.1, -0.05) is 12.1 Å². The van der Waals surface area contributed by atoms with E-state index in [0.717, 1.165) is 42.7 Å². The molecule has 1 aromatic carbocycles. The number of aryl methyl sites for hydroxylation is 1. The van der Waals surface area contributed by atoms with Gasteiger partial charge in [0.25, 0.3) is 0 Å². The summed E-state index contributed by atoms with van der Waals surface area (Å²) in [6.45, 7) is 3.53. The second-order valence-corrected chi connectivity index (χ2v) is 5.91. The lowest BCUT2D eigenvalue weighted by Gasteiger charge is -2.14. The van der Waals surface area contributed by atoms with Crippen LogP contribution >= 0.6 is 0 Å². The molecule has 118 valence electrons. The average Bonchev–Trinajstić information content (AvgIpc) is 3.10. The van der Waals surface area contributed by atoms with Crippen molar-refractivity contribution < 1.29 is 9.90 Å². The minimum atomic E-state index is -0.472. The molecule has 0 spiro atoms. The Kier molecular flexibility index (Phi) is 4.43. The first kappa shape index (κ1) is 15.0. The number of nitrogens with zero attached hydrogens (tertiary/aromatic N) is 2. The topological polar surface area (TPSA) is 67.2 Å². The number of imidazole rings is 1. The van der Waals surface area contributed by atoms with Crippen molar-refractivity contribution in [2.45, 2.75) is 45.3 Å². The summed E-state index contributed by atoms with van der Waals surface area (Å²) in [4.78, 5) is 16.7. The maximum Gasteiger partial charge on any atom is 0.225 e. The molecule has 1 amide bonds. The summed E-state index contributed by atoms with van der Waals surface area (Å²) in [7, 11) is 0. The number of hydrogen-bond acceptors (Lipinski definition) is 3. The van der Waals surface area contributed by atoms with Gasteiger partial charge in [0, 0.05) is 19.5 Å². The molecule has 2 aromatic rings. The van der Waals surface area contributed by atoms with E-state index < -0.39 is 6.10 Å². The van der Waals surface area contributed by atoms with E-state index in [1.54, 1.807) is 0 Å². The number of fused-ring (bicyclic) bond motifs is 1. The molecule has 5 heteroatoms. The molecule has 22 heavy (non-hydrogen) atoms. The maximum absolute atomic E-state index is 12.1. The number of nitrogens with one attached hydrogen (secondary N) is 1. The van der Waals surface area contributed by atoms with Gasteiger partial charge in [-0.05, 0) is 38.3 Å². The minimum Gasteiger partial charge on any atom is -0.392 e. The number of aliphatic hydroxyl groups is 1. The standard InChI is InChI=1S/C17H23N3O2/c1-2-20-14-8-4-3-7-13(14)19-16(20)10-11-18-17(22)12-6-5-9-15(12)21/h3-4,7-8,12,15,21H,2,5-6,9-11H2,1H3,(H,18,22). The van der Waals surface area contributed by atoms with Crippen LogP contribution in [-0.4, -0.2) is 33.2 Å². The summed E-state index contributed by atoms with van der Waals surface area (Å²) in [5.74, 6) is 0.741. The Balaban J connectivity index is 1.63. The van der Waals surface area contributed by atoms with E-state index >= 15 is 0 Å². The molecule has 0 saturated heterocycles. The summed E-state index contributed by atoms with van der Waals surface area (Å²) < 4.78 is 2.19. The highest BCUT2D eigenvalue weighted by Crippen LogP contribution is 2.25. The van der Waals surface area contributed by atoms with Crippen LogP contribution in [0.4, 0.5) is 0 Å². The summed E-state index contributed by atoms with van der Waals surface area (Å²) in [6, 6.07) is 8.09. The van der Waals surface area contributed by atoms with Crippen molar-refractivity contribution in [2.24, 2.45) is 5.92 Å². The van der Waals surface area contributed by atoms with Crippen LogP contribution in [0.15, 0.2) is 24.3 Å². The van der Waals surface area contributed by atoms with Crippen molar-refractivity contribution in [2.75, 3.05) is 6.54 Å². The number of amides is 1. The van der Waals surface area contributed by atoms with Crippen LogP contribution in [0.5, 0.6) is 0 Å². The Hall–Kier alpha value is -1.88. The molecule has 0 radical (unpaired) electrons. The number of aliphatic hydroxyl groups excluding tert-OH is 1. The molecular formula is C17H23N3O2. The van der Waals surface area contributed by atoms with Gasteiger partial charge in [-0.15, -0.1) is 0 Å². The van der Waals surface area contributed by atoms with Crippen LogP contribution in [0.2, 0.25) is 0 Å². The molecule has 1 saturated carbocycles. The third-order valence-electron chi connectivity index (χ3n) is 4.51. The first-order valence-electron chi connectivity index (χ1n) is 8.10. The van der Waals surface area contributed by atoms with Crippen molar-refractivity contribution >= 4 is 16.9 Å². The number of hydrogen-bond donors (Lipinski definition) is 2. The molecule has 1 aromatic heterocycles. The van der Waals surface area contributed by atoms with Crippen molar-refractivity contribution in [1.29, 1.82) is 0 Å². The van der Waals surface area contributed by atoms with E-state index in [1.165, 1.54) is 0 Å². The fourth-order valence-corrected chi connectivity index (χ4v) is 3.34. The monoisotopic (exact) mass is 301 g/mol. The third-order valence-corrected chi connectivity index (χ3v) is 4.51. The first-order chi connectivity index (χ1) is 10.7. The Morgan fingerprint density at radius 2 is 2.23 bits per heavy atom. The van der Waals surface area contributed by atoms with E-state index in [9.17, 15) is 9.90 Å². The number of aromatic nitrogens is 2. The number of carbonyl (C=O) groups excluding carboxylic acids is 1. The molecule has 0 bridgehead atoms. The van der Waals surface area contributed by atoms with Gasteiger partial charge in [-0.3, -0.25) is 4.79 Å². The largest absolute Gasteiger partial charge is 0.392 e. The highest BCUT2D eigenvalue weighted by Gasteiger charge is 2.31. The fraction of sp³-hybridized carbons (Fsp3) is 0.529. The van der Waals surface area contributed by atoms with Gasteiger partial charge >= 0.3 is 0 Å². The fourth-order valence-electron chi connectivity index (χ4n) is 3.34. The van der Waals surface area contributed by atoms with Crippen LogP contribution in [0.1, 0.15) is 32.0 Å². The van der Waals surface area contributed by atoms with E-state index in [4.69, 9.17) is 0 Å². The van der Waals surface area contributed by atoms with Crippen molar-refractivity contribution in [3.05, 3.63) is 30.1 Å². The highest BCUT2D eigenvalue weighted by molar-refractivity contribution is 5.79. The summed E-state index contributed by atoms with van der Waals surface area (Å²) in [5, 5.41) is 12.7. The van der Waals surface area contributed by atoms with Crippen molar-refractivity contribution in [3.8, 4) is 0 Å². The summed E-state index contributed by atoms with van der Waals surface area (Å²) in [6.07, 6.45) is 2.70. The zero-order valence-electron chi connectivity index (χ0n) is 13.0. The second kappa shape index (κ2) is 6.48. The van der Waals surface area contributed by atoms with Crippen LogP contribution < -0.4 is 5.32 Å². The van der Waals surface area contributed by atoms with E-state index in [-0.39, 0.29) is 11.8 Å². The number of benzene rings is 1. The van der Waals surface area contributed by atoms with Gasteiger partial charge in [0.05, 0.1) is 23.1 Å². The predicted octanol–water partition coefficient (Wildman–Crippen LogP) is 1.88. The Morgan fingerprint density at radius 3 is 2.95 bits per heavy atom. The molecule has 2 N–H and O–H groups in total. The second-order valence-electron chi connectivity index (χ2n) is 5.91. The van der Waals surface area contributed by atoms with Gasteiger partial charge in [0.2, 0.25) is 5.91 Å². The molecule has 1 fully saturated rings. The van der Waals surface area contributed by atoms with E-state index in [0.29, 0.717) is 13.0 Å². The van der Waals surface area contributed by atoms with Gasteiger partial charge in [0.1, 0.15) is 5.82 Å². The molecule has 1 aliphatic rings. The van der Waals surface area contributed by atoms with Gasteiger partial charge < -0.3 is 15.0 Å². The van der Waals surface area contributed by atoms with Gasteiger partial charge in [0.15, 0.2) is 0 Å². The number of para-hydroxylation sites is 2. The average molecular weight is 301 g/mol. The van der Waals surface area contributed by atoms with Crippen LogP contribution in [0, 0.1) is 5.92 Å². The third kappa shape index (κ3) is 2.86. The molecule has 2 unspecified atom stereocenters. The van der Waals surface area contributed by atoms with E-state index in [1.807, 2.05) is 18.2 Å². The molecule has 3 rings (SSSR count). The molecular weight excluding hydrogens is 278 g/mol. The molecule has 5 nitrogen and oxygen atoms in total. The minimum absolute atomic E-state index is 0.0239. The SMILES string of the molecule is CCn1c(CCNC(=O)C2CCCC2O)nc2ccccc21. The molecule has 2 atom stereocenters. The van der Waals surface area contributed by atoms with Crippen molar-refractivity contribution in [3.63, 3.8) is 0 Å². The highest BCUT2D eigenvalue weighted by atomic mass is 16.3. The normalized spacial score (nSPS) is 21.4. The smallest absolute Gasteiger partial charge is 0.225 e. The lowest BCUT2D eigenvalue weighted by Crippen LogP contribution is -2.36. The Bertz CT molecular complexity index is 665. The zero-order chi connectivity index (χ0) is 15.5.